The molecule has 0 radical (unpaired) electrons. The number of likely N-dealkylation sites (tertiary alicyclic amines) is 1. The van der Waals surface area contributed by atoms with Gasteiger partial charge in [0.15, 0.2) is 5.60 Å². The molecule has 6 nitrogen and oxygen atoms in total. The minimum absolute atomic E-state index is 0.0293. The SMILES string of the molecule is CC[C@@]1(O)C(=O)N(Cc2ccccc2)[C@](O)(C(=O)NCc2ccccc2)[C@@H]1C. The van der Waals surface area contributed by atoms with E-state index in [-0.39, 0.29) is 19.5 Å². The predicted octanol–water partition coefficient (Wildman–Crippen LogP) is 1.81. The van der Waals surface area contributed by atoms with Gasteiger partial charge in [0.05, 0.1) is 5.92 Å². The Balaban J connectivity index is 1.90. The van der Waals surface area contributed by atoms with Crippen LogP contribution in [0, 0.1) is 5.92 Å². The molecule has 3 N–H and O–H groups in total. The molecule has 2 amide bonds. The molecule has 1 fully saturated rings. The maximum atomic E-state index is 13.0. The van der Waals surface area contributed by atoms with Crippen LogP contribution in [0.1, 0.15) is 31.4 Å². The third-order valence-corrected chi connectivity index (χ3v) is 5.70. The van der Waals surface area contributed by atoms with E-state index in [9.17, 15) is 19.8 Å². The first kappa shape index (κ1) is 20.0. The molecule has 0 aromatic heterocycles. The van der Waals surface area contributed by atoms with Crippen molar-refractivity contribution in [1.82, 2.24) is 10.2 Å². The highest BCUT2D eigenvalue weighted by molar-refractivity contribution is 5.98. The van der Waals surface area contributed by atoms with E-state index in [0.29, 0.717) is 0 Å². The standard InChI is InChI=1S/C22H26N2O4/c1-3-21(27)16(2)22(28,19(25)23-14-17-10-6-4-7-11-17)24(20(21)26)15-18-12-8-5-9-13-18/h4-13,16,27-28H,3,14-15H2,1-2H3,(H,23,25)/t16-,21+,22-/m1/s1. The van der Waals surface area contributed by atoms with Crippen molar-refractivity contribution in [1.29, 1.82) is 0 Å². The van der Waals surface area contributed by atoms with Crippen molar-refractivity contribution in [3.8, 4) is 0 Å². The van der Waals surface area contributed by atoms with Gasteiger partial charge in [-0.25, -0.2) is 0 Å². The molecule has 1 aliphatic rings. The van der Waals surface area contributed by atoms with Gasteiger partial charge in [-0.2, -0.15) is 0 Å². The van der Waals surface area contributed by atoms with E-state index in [2.05, 4.69) is 5.32 Å². The lowest BCUT2D eigenvalue weighted by Crippen LogP contribution is -2.59. The first-order valence-electron chi connectivity index (χ1n) is 9.47. The van der Waals surface area contributed by atoms with E-state index in [0.717, 1.165) is 16.0 Å². The molecule has 0 unspecified atom stereocenters. The molecule has 3 atom stereocenters. The maximum Gasteiger partial charge on any atom is 0.274 e. The molecule has 0 saturated carbocycles. The Hall–Kier alpha value is -2.70. The molecule has 2 aromatic carbocycles. The summed E-state index contributed by atoms with van der Waals surface area (Å²) in [5, 5.41) is 25.0. The topological polar surface area (TPSA) is 89.9 Å². The van der Waals surface area contributed by atoms with E-state index >= 15 is 0 Å². The zero-order valence-corrected chi connectivity index (χ0v) is 16.1. The van der Waals surface area contributed by atoms with Crippen molar-refractivity contribution in [2.24, 2.45) is 5.92 Å². The second kappa shape index (κ2) is 7.73. The van der Waals surface area contributed by atoms with E-state index in [1.807, 2.05) is 60.7 Å². The van der Waals surface area contributed by atoms with Crippen LogP contribution in [0.3, 0.4) is 0 Å². The fraction of sp³-hybridized carbons (Fsp3) is 0.364. The smallest absolute Gasteiger partial charge is 0.274 e. The molecular weight excluding hydrogens is 356 g/mol. The van der Waals surface area contributed by atoms with Crippen molar-refractivity contribution in [3.05, 3.63) is 71.8 Å². The minimum atomic E-state index is -2.15. The molecule has 28 heavy (non-hydrogen) atoms. The Labute approximate surface area is 164 Å². The van der Waals surface area contributed by atoms with Crippen LogP contribution in [0.4, 0.5) is 0 Å². The molecule has 0 aliphatic carbocycles. The molecule has 1 aliphatic heterocycles. The lowest BCUT2D eigenvalue weighted by atomic mass is 9.83. The fourth-order valence-electron chi connectivity index (χ4n) is 3.78. The van der Waals surface area contributed by atoms with Crippen molar-refractivity contribution >= 4 is 11.8 Å². The van der Waals surface area contributed by atoms with Gasteiger partial charge in [0.25, 0.3) is 11.8 Å². The van der Waals surface area contributed by atoms with Crippen LogP contribution in [0.25, 0.3) is 0 Å². The molecule has 0 spiro atoms. The second-order valence-electron chi connectivity index (χ2n) is 7.27. The zero-order valence-electron chi connectivity index (χ0n) is 16.1. The van der Waals surface area contributed by atoms with Crippen LogP contribution in [0.2, 0.25) is 0 Å². The lowest BCUT2D eigenvalue weighted by Gasteiger charge is -2.35. The number of carbonyl (C=O) groups excluding carboxylic acids is 2. The van der Waals surface area contributed by atoms with Gasteiger partial charge in [-0.3, -0.25) is 14.5 Å². The second-order valence-corrected chi connectivity index (χ2v) is 7.27. The summed E-state index contributed by atoms with van der Waals surface area (Å²) in [4.78, 5) is 27.1. The third-order valence-electron chi connectivity index (χ3n) is 5.70. The number of nitrogens with one attached hydrogen (secondary N) is 1. The summed E-state index contributed by atoms with van der Waals surface area (Å²) in [5.41, 5.74) is -2.31. The van der Waals surface area contributed by atoms with E-state index in [4.69, 9.17) is 0 Å². The van der Waals surface area contributed by atoms with Gasteiger partial charge in [-0.15, -0.1) is 0 Å². The van der Waals surface area contributed by atoms with Gasteiger partial charge in [0.2, 0.25) is 5.72 Å². The Morgan fingerprint density at radius 3 is 2.11 bits per heavy atom. The molecule has 1 heterocycles. The number of carbonyl (C=O) groups is 2. The van der Waals surface area contributed by atoms with Crippen LogP contribution >= 0.6 is 0 Å². The van der Waals surface area contributed by atoms with Crippen LogP contribution < -0.4 is 5.32 Å². The summed E-state index contributed by atoms with van der Waals surface area (Å²) in [6, 6.07) is 18.4. The number of amides is 2. The summed E-state index contributed by atoms with van der Waals surface area (Å²) in [6.07, 6.45) is 0.104. The maximum absolute atomic E-state index is 13.0. The zero-order chi connectivity index (χ0) is 20.4. The van der Waals surface area contributed by atoms with Crippen molar-refractivity contribution < 1.29 is 19.8 Å². The van der Waals surface area contributed by atoms with Gasteiger partial charge in [0.1, 0.15) is 0 Å². The highest BCUT2D eigenvalue weighted by Gasteiger charge is 2.66. The molecular formula is C22H26N2O4. The first-order valence-corrected chi connectivity index (χ1v) is 9.47. The molecule has 3 rings (SSSR count). The molecule has 0 bridgehead atoms. The first-order chi connectivity index (χ1) is 13.3. The van der Waals surface area contributed by atoms with Crippen molar-refractivity contribution in [3.63, 3.8) is 0 Å². The van der Waals surface area contributed by atoms with E-state index in [1.54, 1.807) is 6.92 Å². The number of hydrogen-bond acceptors (Lipinski definition) is 4. The molecule has 6 heteroatoms. The predicted molar refractivity (Wildman–Crippen MR) is 105 cm³/mol. The van der Waals surface area contributed by atoms with Gasteiger partial charge < -0.3 is 15.5 Å². The molecule has 1 saturated heterocycles. The minimum Gasteiger partial charge on any atom is -0.380 e. The van der Waals surface area contributed by atoms with Crippen molar-refractivity contribution in [2.75, 3.05) is 0 Å². The van der Waals surface area contributed by atoms with Gasteiger partial charge in [0, 0.05) is 13.1 Å². The van der Waals surface area contributed by atoms with Gasteiger partial charge in [-0.1, -0.05) is 74.5 Å². The van der Waals surface area contributed by atoms with E-state index in [1.165, 1.54) is 6.92 Å². The number of nitrogens with zero attached hydrogens (tertiary/aromatic N) is 1. The monoisotopic (exact) mass is 382 g/mol. The Bertz CT molecular complexity index is 842. The lowest BCUT2D eigenvalue weighted by molar-refractivity contribution is -0.172. The average molecular weight is 382 g/mol. The van der Waals surface area contributed by atoms with Crippen LogP contribution in [-0.4, -0.2) is 38.3 Å². The summed E-state index contributed by atoms with van der Waals surface area (Å²) in [5.74, 6) is -2.32. The average Bonchev–Trinajstić information content (AvgIpc) is 2.88. The van der Waals surface area contributed by atoms with E-state index < -0.39 is 29.1 Å². The number of rotatable bonds is 6. The summed E-state index contributed by atoms with van der Waals surface area (Å²) >= 11 is 0. The Kier molecular flexibility index (Phi) is 5.54. The highest BCUT2D eigenvalue weighted by Crippen LogP contribution is 2.43. The quantitative estimate of drug-likeness (QED) is 0.711. The van der Waals surface area contributed by atoms with Gasteiger partial charge in [-0.05, 0) is 17.5 Å². The number of benzene rings is 2. The summed E-state index contributed by atoms with van der Waals surface area (Å²) in [6.45, 7) is 3.45. The normalized spacial score (nSPS) is 27.1. The van der Waals surface area contributed by atoms with Crippen molar-refractivity contribution in [2.45, 2.75) is 44.7 Å². The molecule has 2 aromatic rings. The number of aliphatic hydroxyl groups is 2. The fourth-order valence-corrected chi connectivity index (χ4v) is 3.78. The van der Waals surface area contributed by atoms with Crippen LogP contribution in [0.5, 0.6) is 0 Å². The number of hydrogen-bond donors (Lipinski definition) is 3. The summed E-state index contributed by atoms with van der Waals surface area (Å²) < 4.78 is 0. The third kappa shape index (κ3) is 3.30. The highest BCUT2D eigenvalue weighted by atomic mass is 16.4. The Morgan fingerprint density at radius 1 is 1.04 bits per heavy atom. The van der Waals surface area contributed by atoms with Crippen LogP contribution in [-0.2, 0) is 22.7 Å². The Morgan fingerprint density at radius 2 is 1.57 bits per heavy atom. The largest absolute Gasteiger partial charge is 0.380 e. The summed E-state index contributed by atoms with van der Waals surface area (Å²) in [7, 11) is 0. The van der Waals surface area contributed by atoms with Crippen LogP contribution in [0.15, 0.2) is 60.7 Å². The molecule has 148 valence electrons. The van der Waals surface area contributed by atoms with Gasteiger partial charge >= 0.3 is 0 Å².